The second kappa shape index (κ2) is 15.5. The molecule has 4 aromatic carbocycles. The van der Waals surface area contributed by atoms with Gasteiger partial charge < -0.3 is 0 Å². The van der Waals surface area contributed by atoms with Crippen molar-refractivity contribution >= 4 is 63.0 Å². The Balaban J connectivity index is 0. The molecule has 4 aromatic rings. The van der Waals surface area contributed by atoms with Gasteiger partial charge in [0.25, 0.3) is 0 Å². The van der Waals surface area contributed by atoms with E-state index in [1.165, 1.54) is 21.5 Å². The van der Waals surface area contributed by atoms with Crippen molar-refractivity contribution in [3.05, 3.63) is 84.9 Å². The zero-order valence-electron chi connectivity index (χ0n) is 16.4. The molecule has 0 heterocycles. The molecule has 5 heteroatoms. The average Bonchev–Trinajstić information content (AvgIpc) is 3.24. The smallest absolute Gasteiger partial charge is 0.168 e. The van der Waals surface area contributed by atoms with Crippen LogP contribution in [-0.2, 0) is 26.2 Å². The third kappa shape index (κ3) is 10.1. The SMILES string of the molecule is C[Si](C)[Si](C)C.Cl.Cl.[Zr+2].c1ccc2[cH-]ccc2c1.c1ccc2[cH-]ccc2c1. The fraction of sp³-hybridized carbons (Fsp3) is 0.182. The van der Waals surface area contributed by atoms with Gasteiger partial charge in [-0.25, -0.2) is 0 Å². The zero-order chi connectivity index (χ0) is 17.4. The molecule has 0 atom stereocenters. The Kier molecular flexibility index (Phi) is 16.5. The van der Waals surface area contributed by atoms with E-state index in [9.17, 15) is 0 Å². The molecule has 0 aromatic heterocycles. The molecule has 142 valence electrons. The first-order chi connectivity index (χ1) is 11.6. The maximum Gasteiger partial charge on any atom is 2.00 e. The molecule has 0 nitrogen and oxygen atoms in total. The molecule has 0 aliphatic rings. The first-order valence-corrected chi connectivity index (χ1v) is 14.4. The summed E-state index contributed by atoms with van der Waals surface area (Å²) in [5, 5.41) is 5.32. The molecular formula is C22H28Cl2Si2Zr. The van der Waals surface area contributed by atoms with Crippen LogP contribution in [0.15, 0.2) is 84.9 Å². The van der Waals surface area contributed by atoms with Gasteiger partial charge in [-0.1, -0.05) is 38.3 Å². The van der Waals surface area contributed by atoms with Crippen LogP contribution >= 0.6 is 24.8 Å². The summed E-state index contributed by atoms with van der Waals surface area (Å²) in [6, 6.07) is 29.3. The van der Waals surface area contributed by atoms with Gasteiger partial charge in [-0.3, -0.25) is 0 Å². The van der Waals surface area contributed by atoms with Crippen molar-refractivity contribution in [2.45, 2.75) is 26.2 Å². The van der Waals surface area contributed by atoms with Gasteiger partial charge in [0.15, 0.2) is 0 Å². The molecular weight excluding hydrogens is 483 g/mol. The molecule has 0 aliphatic carbocycles. The fourth-order valence-corrected chi connectivity index (χ4v) is 2.14. The largest absolute Gasteiger partial charge is 2.00 e. The van der Waals surface area contributed by atoms with Crippen LogP contribution < -0.4 is 0 Å². The second-order valence-electron chi connectivity index (χ2n) is 6.31. The van der Waals surface area contributed by atoms with E-state index in [2.05, 4.69) is 111 Å². The Hall–Kier alpha value is -0.443. The summed E-state index contributed by atoms with van der Waals surface area (Å²) in [7, 11) is 0.300. The van der Waals surface area contributed by atoms with E-state index in [0.29, 0.717) is 0 Å². The van der Waals surface area contributed by atoms with E-state index in [1.54, 1.807) is 0 Å². The van der Waals surface area contributed by atoms with Crippen molar-refractivity contribution in [1.29, 1.82) is 0 Å². The summed E-state index contributed by atoms with van der Waals surface area (Å²) in [6.07, 6.45) is 0. The molecule has 0 N–H and O–H groups in total. The molecule has 27 heavy (non-hydrogen) atoms. The third-order valence-corrected chi connectivity index (χ3v) is 12.1. The molecule has 2 radical (unpaired) electrons. The predicted octanol–water partition coefficient (Wildman–Crippen LogP) is 7.53. The van der Waals surface area contributed by atoms with Gasteiger partial charge in [0.1, 0.15) is 0 Å². The number of benzene rings is 2. The molecule has 0 saturated heterocycles. The van der Waals surface area contributed by atoms with Crippen molar-refractivity contribution in [1.82, 2.24) is 0 Å². The first kappa shape index (κ1) is 28.8. The van der Waals surface area contributed by atoms with Crippen LogP contribution in [0.5, 0.6) is 0 Å². The Bertz CT molecular complexity index is 721. The van der Waals surface area contributed by atoms with Gasteiger partial charge in [-0.15, -0.1) is 84.1 Å². The number of rotatable bonds is 1. The molecule has 0 aliphatic heterocycles. The van der Waals surface area contributed by atoms with Crippen LogP contribution in [0.2, 0.25) is 26.2 Å². The number of hydrogen-bond donors (Lipinski definition) is 0. The molecule has 0 bridgehead atoms. The van der Waals surface area contributed by atoms with Gasteiger partial charge in [-0.2, -0.15) is 35.0 Å². The Morgan fingerprint density at radius 1 is 0.556 bits per heavy atom. The fourth-order valence-electron chi connectivity index (χ4n) is 2.14. The summed E-state index contributed by atoms with van der Waals surface area (Å²) in [6.45, 7) is 9.55. The Morgan fingerprint density at radius 2 is 0.889 bits per heavy atom. The average molecular weight is 511 g/mol. The zero-order valence-corrected chi connectivity index (χ0v) is 22.5. The molecule has 0 fully saturated rings. The summed E-state index contributed by atoms with van der Waals surface area (Å²) < 4.78 is 0. The molecule has 4 rings (SSSR count). The van der Waals surface area contributed by atoms with Crippen molar-refractivity contribution in [3.63, 3.8) is 0 Å². The van der Waals surface area contributed by atoms with E-state index in [-0.39, 0.29) is 67.6 Å². The predicted molar refractivity (Wildman–Crippen MR) is 129 cm³/mol. The van der Waals surface area contributed by atoms with Crippen LogP contribution in [0.4, 0.5) is 0 Å². The van der Waals surface area contributed by atoms with Crippen molar-refractivity contribution in [2.75, 3.05) is 0 Å². The van der Waals surface area contributed by atoms with E-state index >= 15 is 0 Å². The Morgan fingerprint density at radius 3 is 1.19 bits per heavy atom. The van der Waals surface area contributed by atoms with Crippen molar-refractivity contribution in [2.24, 2.45) is 0 Å². The van der Waals surface area contributed by atoms with Gasteiger partial charge in [0.05, 0.1) is 0 Å². The monoisotopic (exact) mass is 508 g/mol. The van der Waals surface area contributed by atoms with E-state index in [0.717, 1.165) is 0 Å². The number of fused-ring (bicyclic) bond motifs is 2. The van der Waals surface area contributed by atoms with Crippen LogP contribution in [0.1, 0.15) is 0 Å². The van der Waals surface area contributed by atoms with Gasteiger partial charge >= 0.3 is 26.2 Å². The maximum absolute atomic E-state index is 2.39. The third-order valence-electron chi connectivity index (χ3n) is 4.10. The van der Waals surface area contributed by atoms with Crippen molar-refractivity contribution < 1.29 is 26.2 Å². The summed E-state index contributed by atoms with van der Waals surface area (Å²) in [5.74, 6) is 0. The standard InChI is InChI=1S/2C9H7.C4H12Si2.2ClH.Zr/c2*1-2-5-9-7-3-6-8(9)4-1;1-5(2)6(3)4;;;/h2*1-7H;1-4H3;2*1H;/q2*-1;;;;+2. The molecule has 0 unspecified atom stereocenters. The molecule has 0 amide bonds. The maximum atomic E-state index is 2.39. The van der Waals surface area contributed by atoms with Gasteiger partial charge in [0.2, 0.25) is 0 Å². The van der Waals surface area contributed by atoms with E-state index < -0.39 is 0 Å². The van der Waals surface area contributed by atoms with E-state index in [1.807, 2.05) is 0 Å². The van der Waals surface area contributed by atoms with Crippen LogP contribution in [0.3, 0.4) is 0 Å². The number of hydrogen-bond acceptors (Lipinski definition) is 0. The summed E-state index contributed by atoms with van der Waals surface area (Å²) >= 11 is 0. The van der Waals surface area contributed by atoms with Crippen LogP contribution in [0.25, 0.3) is 21.5 Å². The topological polar surface area (TPSA) is 0 Å². The molecule has 0 saturated carbocycles. The van der Waals surface area contributed by atoms with E-state index in [4.69, 9.17) is 0 Å². The van der Waals surface area contributed by atoms with Crippen molar-refractivity contribution in [3.8, 4) is 0 Å². The van der Waals surface area contributed by atoms with Crippen LogP contribution in [0, 0.1) is 0 Å². The minimum Gasteiger partial charge on any atom is -0.168 e. The minimum absolute atomic E-state index is 0. The molecule has 0 spiro atoms. The first-order valence-electron chi connectivity index (χ1n) is 8.39. The normalized spacial score (nSPS) is 9.26. The minimum atomic E-state index is 0. The summed E-state index contributed by atoms with van der Waals surface area (Å²) in [4.78, 5) is 0. The van der Waals surface area contributed by atoms with Gasteiger partial charge in [0, 0.05) is 16.6 Å². The second-order valence-corrected chi connectivity index (χ2v) is 16.3. The van der Waals surface area contributed by atoms with Crippen LogP contribution in [-0.4, -0.2) is 16.6 Å². The quantitative estimate of drug-likeness (QED) is 0.183. The Labute approximate surface area is 199 Å². The summed E-state index contributed by atoms with van der Waals surface area (Å²) in [5.41, 5.74) is 0. The number of halogens is 2. The van der Waals surface area contributed by atoms with Gasteiger partial charge in [-0.05, 0) is 0 Å².